The highest BCUT2D eigenvalue weighted by atomic mass is 19.3. The van der Waals surface area contributed by atoms with Gasteiger partial charge in [-0.25, -0.2) is 17.6 Å². The number of alkyl halides is 2. The Morgan fingerprint density at radius 2 is 1.97 bits per heavy atom. The van der Waals surface area contributed by atoms with Gasteiger partial charge in [0.1, 0.15) is 29.4 Å². The van der Waals surface area contributed by atoms with Crippen molar-refractivity contribution in [3.05, 3.63) is 35.5 Å². The van der Waals surface area contributed by atoms with Crippen molar-refractivity contribution >= 4 is 28.6 Å². The maximum absolute atomic E-state index is 14.9. The predicted molar refractivity (Wildman–Crippen MR) is 122 cm³/mol. The smallest absolute Gasteiger partial charge is 0.271 e. The minimum Gasteiger partial charge on any atom is -0.356 e. The zero-order valence-electron chi connectivity index (χ0n) is 19.7. The minimum atomic E-state index is -3.22. The molecule has 0 unspecified atom stereocenters. The van der Waals surface area contributed by atoms with Gasteiger partial charge in [-0.2, -0.15) is 5.26 Å². The fraction of sp³-hybridized carbons (Fsp3) is 0.520. The van der Waals surface area contributed by atoms with Gasteiger partial charge in [0.2, 0.25) is 11.8 Å². The number of nitrogens with one attached hydrogen (secondary N) is 3. The molecular formula is C25H25F4N5O3. The van der Waals surface area contributed by atoms with E-state index >= 15 is 0 Å². The summed E-state index contributed by atoms with van der Waals surface area (Å²) in [6.45, 7) is 0.526. The number of rotatable bonds is 5. The lowest BCUT2D eigenvalue weighted by Crippen LogP contribution is -2.68. The summed E-state index contributed by atoms with van der Waals surface area (Å²) in [7, 11) is 0. The number of amides is 3. The van der Waals surface area contributed by atoms with Crippen molar-refractivity contribution in [3.63, 3.8) is 0 Å². The molecule has 1 aliphatic carbocycles. The molecule has 1 saturated carbocycles. The Morgan fingerprint density at radius 1 is 1.22 bits per heavy atom. The highest BCUT2D eigenvalue weighted by molar-refractivity contribution is 6.01. The minimum absolute atomic E-state index is 0.00224. The third-order valence-electron chi connectivity index (χ3n) is 7.75. The molecule has 1 aromatic carbocycles. The van der Waals surface area contributed by atoms with Gasteiger partial charge in [0.05, 0.1) is 17.5 Å². The van der Waals surface area contributed by atoms with Crippen LogP contribution in [-0.2, 0) is 9.59 Å². The second kappa shape index (κ2) is 9.36. The molecule has 2 aromatic rings. The molecule has 1 aromatic heterocycles. The summed E-state index contributed by atoms with van der Waals surface area (Å²) in [6, 6.07) is 1.14. The monoisotopic (exact) mass is 519 g/mol. The van der Waals surface area contributed by atoms with Gasteiger partial charge in [-0.15, -0.1) is 0 Å². The summed E-state index contributed by atoms with van der Waals surface area (Å²) < 4.78 is 58.3. The molecule has 3 amide bonds. The summed E-state index contributed by atoms with van der Waals surface area (Å²) in [5.41, 5.74) is -0.476. The topological polar surface area (TPSA) is 118 Å². The van der Waals surface area contributed by atoms with Crippen LogP contribution >= 0.6 is 0 Å². The van der Waals surface area contributed by atoms with Crippen molar-refractivity contribution in [1.29, 1.82) is 5.26 Å². The highest BCUT2D eigenvalue weighted by Gasteiger charge is 2.60. The third-order valence-corrected chi connectivity index (χ3v) is 7.75. The molecular weight excluding hydrogens is 494 g/mol. The van der Waals surface area contributed by atoms with Gasteiger partial charge in [0.15, 0.2) is 0 Å². The van der Waals surface area contributed by atoms with Gasteiger partial charge in [0, 0.05) is 30.3 Å². The zero-order valence-corrected chi connectivity index (χ0v) is 19.7. The van der Waals surface area contributed by atoms with E-state index in [0.717, 1.165) is 29.5 Å². The maximum Gasteiger partial charge on any atom is 0.271 e. The summed E-state index contributed by atoms with van der Waals surface area (Å²) in [4.78, 5) is 42.6. The largest absolute Gasteiger partial charge is 0.356 e. The number of hydrogen-bond donors (Lipinski definition) is 3. The number of aromatic amines is 1. The number of piperidine rings is 3. The molecule has 3 aliphatic heterocycles. The number of nitrogens with zero attached hydrogens (tertiary/aromatic N) is 2. The molecule has 0 radical (unpaired) electrons. The van der Waals surface area contributed by atoms with Crippen LogP contribution in [0.2, 0.25) is 0 Å². The lowest BCUT2D eigenvalue weighted by Gasteiger charge is -2.53. The van der Waals surface area contributed by atoms with E-state index in [-0.39, 0.29) is 41.8 Å². The second-order valence-electron chi connectivity index (χ2n) is 10.0. The molecule has 3 saturated heterocycles. The summed E-state index contributed by atoms with van der Waals surface area (Å²) >= 11 is 0. The molecule has 4 fully saturated rings. The van der Waals surface area contributed by atoms with Crippen molar-refractivity contribution in [3.8, 4) is 6.07 Å². The molecule has 4 aliphatic rings. The van der Waals surface area contributed by atoms with E-state index in [2.05, 4.69) is 15.6 Å². The molecule has 5 atom stereocenters. The third kappa shape index (κ3) is 4.40. The van der Waals surface area contributed by atoms with Gasteiger partial charge in [-0.05, 0) is 50.3 Å². The molecule has 4 heterocycles. The average Bonchev–Trinajstić information content (AvgIpc) is 3.33. The number of benzene rings is 1. The molecule has 6 rings (SSSR count). The standard InChI is InChI=1S/C25H25F4N5O3/c26-17-5-6-18(27)20-15(17)9-19(33-20)24(37)34-14-3-4-16(25(28,29)10-14)21(34)23(36)32-13(11-30)8-12-2-1-7-31-22(12)35/h5-6,9,12-14,16,21,33H,1-4,7-8,10H2,(H,31,35)(H,32,36)/t12-,13+,14+,16+,21+/m1/s1. The van der Waals surface area contributed by atoms with E-state index in [1.54, 1.807) is 0 Å². The number of nitriles is 1. The Bertz CT molecular complexity index is 1270. The van der Waals surface area contributed by atoms with Crippen LogP contribution in [0.3, 0.4) is 0 Å². The normalized spacial score (nSPS) is 27.4. The first kappa shape index (κ1) is 25.0. The zero-order chi connectivity index (χ0) is 26.5. The van der Waals surface area contributed by atoms with Crippen LogP contribution in [-0.4, -0.2) is 58.2 Å². The van der Waals surface area contributed by atoms with Crippen molar-refractivity contribution in [2.45, 2.75) is 62.6 Å². The van der Waals surface area contributed by atoms with Crippen LogP contribution in [0.25, 0.3) is 10.9 Å². The Morgan fingerprint density at radius 3 is 2.65 bits per heavy atom. The lowest BCUT2D eigenvalue weighted by molar-refractivity contribution is -0.179. The number of hydrogen-bond acceptors (Lipinski definition) is 4. The first-order valence-corrected chi connectivity index (χ1v) is 12.3. The van der Waals surface area contributed by atoms with Gasteiger partial charge in [-0.3, -0.25) is 14.4 Å². The first-order valence-electron chi connectivity index (χ1n) is 12.3. The van der Waals surface area contributed by atoms with Crippen molar-refractivity contribution in [2.24, 2.45) is 11.8 Å². The van der Waals surface area contributed by atoms with Crippen LogP contribution in [0.5, 0.6) is 0 Å². The quantitative estimate of drug-likeness (QED) is 0.527. The Labute approximate surface area is 209 Å². The van der Waals surface area contributed by atoms with Crippen LogP contribution in [0.4, 0.5) is 17.6 Å². The predicted octanol–water partition coefficient (Wildman–Crippen LogP) is 3.00. The number of carbonyl (C=O) groups excluding carboxylic acids is 3. The fourth-order valence-electron chi connectivity index (χ4n) is 5.95. The average molecular weight is 519 g/mol. The van der Waals surface area contributed by atoms with Crippen LogP contribution < -0.4 is 10.6 Å². The summed E-state index contributed by atoms with van der Waals surface area (Å²) in [6.07, 6.45) is 0.861. The van der Waals surface area contributed by atoms with Crippen LogP contribution in [0.15, 0.2) is 18.2 Å². The first-order chi connectivity index (χ1) is 17.6. The fourth-order valence-corrected chi connectivity index (χ4v) is 5.95. The molecule has 2 bridgehead atoms. The molecule has 8 nitrogen and oxygen atoms in total. The van der Waals surface area contributed by atoms with E-state index in [1.807, 2.05) is 6.07 Å². The van der Waals surface area contributed by atoms with E-state index in [1.165, 1.54) is 0 Å². The number of fused-ring (bicyclic) bond motifs is 4. The van der Waals surface area contributed by atoms with Gasteiger partial charge < -0.3 is 20.5 Å². The van der Waals surface area contributed by atoms with Gasteiger partial charge in [0.25, 0.3) is 11.8 Å². The number of carbonyl (C=O) groups is 3. The second-order valence-corrected chi connectivity index (χ2v) is 10.0. The maximum atomic E-state index is 14.9. The number of H-pyrrole nitrogens is 1. The highest BCUT2D eigenvalue weighted by Crippen LogP contribution is 2.49. The molecule has 12 heteroatoms. The Kier molecular flexibility index (Phi) is 6.33. The van der Waals surface area contributed by atoms with Crippen LogP contribution in [0.1, 0.15) is 49.0 Å². The van der Waals surface area contributed by atoms with Gasteiger partial charge >= 0.3 is 0 Å². The SMILES string of the molecule is N#C[C@H](C[C@H]1CCCNC1=O)NC(=O)[C@@H]1[C@@H]2CC[C@@H](CC2(F)F)N1C(=O)c1cc2c(F)ccc(F)c2[nH]1. The van der Waals surface area contributed by atoms with Crippen molar-refractivity contribution < 1.29 is 31.9 Å². The molecule has 196 valence electrons. The van der Waals surface area contributed by atoms with E-state index in [4.69, 9.17) is 0 Å². The van der Waals surface area contributed by atoms with Gasteiger partial charge in [-0.1, -0.05) is 0 Å². The number of aromatic nitrogens is 1. The Balaban J connectivity index is 1.43. The summed E-state index contributed by atoms with van der Waals surface area (Å²) in [5, 5.41) is 14.6. The van der Waals surface area contributed by atoms with E-state index in [0.29, 0.717) is 13.0 Å². The molecule has 0 spiro atoms. The lowest BCUT2D eigenvalue weighted by atomic mass is 9.71. The molecule has 37 heavy (non-hydrogen) atoms. The Hall–Kier alpha value is -3.62. The van der Waals surface area contributed by atoms with Crippen molar-refractivity contribution in [1.82, 2.24) is 20.5 Å². The van der Waals surface area contributed by atoms with Crippen LogP contribution in [0, 0.1) is 34.8 Å². The summed E-state index contributed by atoms with van der Waals surface area (Å²) in [5.74, 6) is -8.76. The van der Waals surface area contributed by atoms with E-state index in [9.17, 15) is 37.2 Å². The molecule has 3 N–H and O–H groups in total. The van der Waals surface area contributed by atoms with Crippen molar-refractivity contribution in [2.75, 3.05) is 6.54 Å². The van der Waals surface area contributed by atoms with E-state index < -0.39 is 65.8 Å². The number of halogens is 4.